The van der Waals surface area contributed by atoms with E-state index in [1.807, 2.05) is 19.9 Å². The smallest absolute Gasteiger partial charge is 0.253 e. The number of nitrogens with one attached hydrogen (secondary N) is 2. The molecule has 0 saturated heterocycles. The first-order valence-electron chi connectivity index (χ1n) is 6.80. The van der Waals surface area contributed by atoms with Gasteiger partial charge in [0, 0.05) is 11.4 Å². The van der Waals surface area contributed by atoms with Gasteiger partial charge in [-0.05, 0) is 56.0 Å². The van der Waals surface area contributed by atoms with Gasteiger partial charge in [0.25, 0.3) is 5.91 Å². The Morgan fingerprint density at radius 1 is 1.35 bits per heavy atom. The van der Waals surface area contributed by atoms with Crippen LogP contribution in [0.1, 0.15) is 45.3 Å². The lowest BCUT2D eigenvalue weighted by atomic mass is 10.1. The van der Waals surface area contributed by atoms with Crippen LogP contribution in [0.25, 0.3) is 0 Å². The Kier molecular flexibility index (Phi) is 3.08. The van der Waals surface area contributed by atoms with Crippen LogP contribution >= 0.6 is 0 Å². The van der Waals surface area contributed by atoms with Crippen molar-refractivity contribution in [2.45, 2.75) is 32.7 Å². The quantitative estimate of drug-likeness (QED) is 0.866. The third-order valence-electron chi connectivity index (χ3n) is 3.88. The van der Waals surface area contributed by atoms with Crippen LogP contribution in [-0.2, 0) is 6.42 Å². The van der Waals surface area contributed by atoms with Crippen molar-refractivity contribution in [3.05, 3.63) is 58.2 Å². The van der Waals surface area contributed by atoms with E-state index < -0.39 is 0 Å². The van der Waals surface area contributed by atoms with Crippen molar-refractivity contribution < 1.29 is 9.18 Å². The third-order valence-corrected chi connectivity index (χ3v) is 3.88. The minimum atomic E-state index is -0.215. The average Bonchev–Trinajstić information content (AvgIpc) is 2.93. The molecule has 0 aliphatic heterocycles. The number of benzene rings is 1. The summed E-state index contributed by atoms with van der Waals surface area (Å²) in [5.41, 5.74) is 4.55. The van der Waals surface area contributed by atoms with E-state index in [0.29, 0.717) is 5.56 Å². The summed E-state index contributed by atoms with van der Waals surface area (Å²) in [5, 5.41) is 3.04. The summed E-state index contributed by atoms with van der Waals surface area (Å²) in [6.45, 7) is 3.82. The first-order chi connectivity index (χ1) is 9.54. The fourth-order valence-corrected chi connectivity index (χ4v) is 2.93. The normalized spacial score (nSPS) is 17.1. The van der Waals surface area contributed by atoms with Crippen molar-refractivity contribution >= 4 is 5.91 Å². The number of hydrogen-bond acceptors (Lipinski definition) is 1. The van der Waals surface area contributed by atoms with Crippen molar-refractivity contribution in [1.29, 1.82) is 0 Å². The zero-order valence-corrected chi connectivity index (χ0v) is 11.6. The van der Waals surface area contributed by atoms with Crippen molar-refractivity contribution in [2.24, 2.45) is 0 Å². The summed E-state index contributed by atoms with van der Waals surface area (Å²) < 4.78 is 13.2. The monoisotopic (exact) mass is 272 g/mol. The highest BCUT2D eigenvalue weighted by atomic mass is 19.1. The van der Waals surface area contributed by atoms with Crippen molar-refractivity contribution in [3.8, 4) is 0 Å². The topological polar surface area (TPSA) is 44.9 Å². The van der Waals surface area contributed by atoms with Crippen LogP contribution < -0.4 is 5.32 Å². The van der Waals surface area contributed by atoms with E-state index in [2.05, 4.69) is 10.3 Å². The number of aryl methyl sites for hydroxylation is 3. The number of amides is 1. The minimum absolute atomic E-state index is 0.0206. The maximum atomic E-state index is 13.2. The zero-order valence-electron chi connectivity index (χ0n) is 11.6. The Labute approximate surface area is 117 Å². The Hall–Kier alpha value is -2.10. The van der Waals surface area contributed by atoms with Crippen molar-refractivity contribution in [2.75, 3.05) is 0 Å². The number of aromatic nitrogens is 1. The van der Waals surface area contributed by atoms with Gasteiger partial charge in [0.1, 0.15) is 5.82 Å². The van der Waals surface area contributed by atoms with Gasteiger partial charge in [0.15, 0.2) is 0 Å². The van der Waals surface area contributed by atoms with E-state index in [4.69, 9.17) is 0 Å². The molecular weight excluding hydrogens is 255 g/mol. The van der Waals surface area contributed by atoms with Crippen LogP contribution in [0.15, 0.2) is 24.3 Å². The number of carbonyl (C=O) groups excluding carboxylic acids is 1. The summed E-state index contributed by atoms with van der Waals surface area (Å²) in [7, 11) is 0. The molecule has 104 valence electrons. The standard InChI is InChI=1S/C16H17FN2O/c1-9-7-14(10(2)18-9)16(20)19-15-6-3-11-8-12(17)4-5-13(11)15/h4-5,7-8,15,18H,3,6H2,1-2H3,(H,19,20)/t15-/m0/s1. The van der Waals surface area contributed by atoms with Gasteiger partial charge in [0.2, 0.25) is 0 Å². The van der Waals surface area contributed by atoms with Crippen LogP contribution in [0.2, 0.25) is 0 Å². The first kappa shape index (κ1) is 12.9. The second kappa shape index (κ2) is 4.78. The second-order valence-electron chi connectivity index (χ2n) is 5.40. The zero-order chi connectivity index (χ0) is 14.3. The van der Waals surface area contributed by atoms with E-state index in [0.717, 1.165) is 35.4 Å². The fraction of sp³-hybridized carbons (Fsp3) is 0.312. The molecule has 4 heteroatoms. The van der Waals surface area contributed by atoms with E-state index in [1.54, 1.807) is 12.1 Å². The molecule has 0 fully saturated rings. The van der Waals surface area contributed by atoms with Crippen LogP contribution in [0, 0.1) is 19.7 Å². The molecule has 0 spiro atoms. The highest BCUT2D eigenvalue weighted by Crippen LogP contribution is 2.31. The summed E-state index contributed by atoms with van der Waals surface area (Å²) >= 11 is 0. The highest BCUT2D eigenvalue weighted by Gasteiger charge is 2.25. The molecule has 20 heavy (non-hydrogen) atoms. The molecule has 0 unspecified atom stereocenters. The maximum absolute atomic E-state index is 13.2. The maximum Gasteiger partial charge on any atom is 0.253 e. The van der Waals surface area contributed by atoms with Crippen LogP contribution in [0.4, 0.5) is 4.39 Å². The molecule has 0 bridgehead atoms. The second-order valence-corrected chi connectivity index (χ2v) is 5.40. The van der Waals surface area contributed by atoms with Gasteiger partial charge in [-0.3, -0.25) is 4.79 Å². The number of aromatic amines is 1. The molecule has 1 aliphatic carbocycles. The molecule has 1 aliphatic rings. The van der Waals surface area contributed by atoms with Gasteiger partial charge in [-0.25, -0.2) is 4.39 Å². The van der Waals surface area contributed by atoms with Crippen molar-refractivity contribution in [3.63, 3.8) is 0 Å². The molecule has 3 nitrogen and oxygen atoms in total. The highest BCUT2D eigenvalue weighted by molar-refractivity contribution is 5.95. The summed E-state index contributed by atoms with van der Waals surface area (Å²) in [5.74, 6) is -0.290. The molecule has 2 N–H and O–H groups in total. The van der Waals surface area contributed by atoms with Crippen LogP contribution in [0.5, 0.6) is 0 Å². The largest absolute Gasteiger partial charge is 0.362 e. The molecule has 2 aromatic rings. The number of halogens is 1. The van der Waals surface area contributed by atoms with E-state index >= 15 is 0 Å². The molecule has 1 aromatic carbocycles. The molecule has 3 rings (SSSR count). The average molecular weight is 272 g/mol. The van der Waals surface area contributed by atoms with E-state index in [9.17, 15) is 9.18 Å². The Morgan fingerprint density at radius 2 is 2.15 bits per heavy atom. The number of hydrogen-bond donors (Lipinski definition) is 2. The molecule has 1 aromatic heterocycles. The molecule has 1 amide bonds. The summed E-state index contributed by atoms with van der Waals surface area (Å²) in [6.07, 6.45) is 1.64. The van der Waals surface area contributed by atoms with E-state index in [1.165, 1.54) is 6.07 Å². The van der Waals surface area contributed by atoms with Crippen molar-refractivity contribution in [1.82, 2.24) is 10.3 Å². The number of carbonyl (C=O) groups is 1. The van der Waals surface area contributed by atoms with Gasteiger partial charge in [-0.1, -0.05) is 6.07 Å². The third kappa shape index (κ3) is 2.22. The van der Waals surface area contributed by atoms with Gasteiger partial charge in [-0.2, -0.15) is 0 Å². The minimum Gasteiger partial charge on any atom is -0.362 e. The Bertz CT molecular complexity index is 675. The molecule has 0 saturated carbocycles. The SMILES string of the molecule is Cc1cc(C(=O)N[C@H]2CCc3cc(F)ccc32)c(C)[nH]1. The van der Waals surface area contributed by atoms with Gasteiger partial charge >= 0.3 is 0 Å². The first-order valence-corrected chi connectivity index (χ1v) is 6.80. The van der Waals surface area contributed by atoms with Crippen LogP contribution in [0.3, 0.4) is 0 Å². The summed E-state index contributed by atoms with van der Waals surface area (Å²) in [6, 6.07) is 6.62. The van der Waals surface area contributed by atoms with Crippen LogP contribution in [-0.4, -0.2) is 10.9 Å². The van der Waals surface area contributed by atoms with Gasteiger partial charge in [-0.15, -0.1) is 0 Å². The predicted octanol–water partition coefficient (Wildman–Crippen LogP) is 3.19. The Balaban J connectivity index is 1.80. The molecule has 1 atom stereocenters. The number of rotatable bonds is 2. The van der Waals surface area contributed by atoms with E-state index in [-0.39, 0.29) is 17.8 Å². The molecular formula is C16H17FN2O. The molecule has 0 radical (unpaired) electrons. The lowest BCUT2D eigenvalue weighted by molar-refractivity contribution is 0.0936. The van der Waals surface area contributed by atoms with Gasteiger partial charge in [0.05, 0.1) is 11.6 Å². The number of fused-ring (bicyclic) bond motifs is 1. The lowest BCUT2D eigenvalue weighted by Gasteiger charge is -2.14. The Morgan fingerprint density at radius 3 is 2.85 bits per heavy atom. The van der Waals surface area contributed by atoms with Gasteiger partial charge < -0.3 is 10.3 Å². The lowest BCUT2D eigenvalue weighted by Crippen LogP contribution is -2.27. The fourth-order valence-electron chi connectivity index (χ4n) is 2.93. The predicted molar refractivity (Wildman–Crippen MR) is 75.2 cm³/mol. The number of H-pyrrole nitrogens is 1. The molecule has 1 heterocycles. The summed E-state index contributed by atoms with van der Waals surface area (Å²) in [4.78, 5) is 15.4.